The van der Waals surface area contributed by atoms with Crippen LogP contribution in [0.3, 0.4) is 0 Å². The van der Waals surface area contributed by atoms with Crippen LogP contribution in [0.15, 0.2) is 12.1 Å². The molecule has 1 rings (SSSR count). The number of anilines is 1. The van der Waals surface area contributed by atoms with Gasteiger partial charge in [-0.05, 0) is 12.1 Å². The van der Waals surface area contributed by atoms with E-state index in [9.17, 15) is 27.2 Å². The van der Waals surface area contributed by atoms with Gasteiger partial charge in [-0.15, -0.1) is 0 Å². The van der Waals surface area contributed by atoms with Crippen LogP contribution in [0.5, 0.6) is 0 Å². The largest absolute Gasteiger partial charge is 0.478 e. The summed E-state index contributed by atoms with van der Waals surface area (Å²) in [4.78, 5) is 21.2. The van der Waals surface area contributed by atoms with Crippen LogP contribution in [-0.4, -0.2) is 23.2 Å². The summed E-state index contributed by atoms with van der Waals surface area (Å²) in [5.74, 6) is -5.66. The number of hydrogen-bond donors (Lipinski definition) is 2. The fraction of sp³-hybridized carbons (Fsp3) is 0.111. The van der Waals surface area contributed by atoms with Gasteiger partial charge in [-0.1, -0.05) is 11.6 Å². The highest BCUT2D eigenvalue weighted by atomic mass is 35.5. The number of benzene rings is 1. The highest BCUT2D eigenvalue weighted by molar-refractivity contribution is 6.31. The third kappa shape index (κ3) is 3.10. The maximum absolute atomic E-state index is 13.4. The number of aromatic carboxylic acids is 1. The van der Waals surface area contributed by atoms with Gasteiger partial charge in [0.05, 0.1) is 11.3 Å². The average Bonchev–Trinajstić information content (AvgIpc) is 2.21. The summed E-state index contributed by atoms with van der Waals surface area (Å²) in [7, 11) is 0. The van der Waals surface area contributed by atoms with Crippen LogP contribution < -0.4 is 5.32 Å². The van der Waals surface area contributed by atoms with Gasteiger partial charge in [-0.25, -0.2) is 9.18 Å². The van der Waals surface area contributed by atoms with E-state index >= 15 is 0 Å². The molecule has 0 saturated heterocycles. The summed E-state index contributed by atoms with van der Waals surface area (Å²) in [6.45, 7) is 0. The minimum Gasteiger partial charge on any atom is -0.478 e. The van der Waals surface area contributed by atoms with Gasteiger partial charge >= 0.3 is 18.1 Å². The smallest absolute Gasteiger partial charge is 0.471 e. The second-order valence-electron chi connectivity index (χ2n) is 3.07. The Hall–Kier alpha value is -1.83. The molecule has 0 spiro atoms. The van der Waals surface area contributed by atoms with Crippen molar-refractivity contribution in [3.8, 4) is 0 Å². The molecule has 1 amide bonds. The summed E-state index contributed by atoms with van der Waals surface area (Å²) in [6, 6.07) is 1.38. The van der Waals surface area contributed by atoms with E-state index in [0.29, 0.717) is 12.1 Å². The van der Waals surface area contributed by atoms with Gasteiger partial charge in [0, 0.05) is 5.02 Å². The second-order valence-corrected chi connectivity index (χ2v) is 3.51. The summed E-state index contributed by atoms with van der Waals surface area (Å²) < 4.78 is 49.3. The first-order valence-corrected chi connectivity index (χ1v) is 4.61. The number of carbonyl (C=O) groups excluding carboxylic acids is 1. The van der Waals surface area contributed by atoms with Gasteiger partial charge in [0.1, 0.15) is 0 Å². The van der Waals surface area contributed by atoms with Crippen LogP contribution in [0.25, 0.3) is 0 Å². The summed E-state index contributed by atoms with van der Waals surface area (Å²) in [6.07, 6.45) is -5.22. The lowest BCUT2D eigenvalue weighted by Crippen LogP contribution is -2.30. The minimum atomic E-state index is -5.22. The van der Waals surface area contributed by atoms with Gasteiger partial charge in [0.25, 0.3) is 0 Å². The predicted molar refractivity (Wildman–Crippen MR) is 53.1 cm³/mol. The van der Waals surface area contributed by atoms with Crippen molar-refractivity contribution in [3.63, 3.8) is 0 Å². The monoisotopic (exact) mass is 285 g/mol. The second kappa shape index (κ2) is 4.81. The Kier molecular flexibility index (Phi) is 3.80. The molecule has 0 heterocycles. The van der Waals surface area contributed by atoms with Crippen molar-refractivity contribution in [1.29, 1.82) is 0 Å². The molecule has 0 aliphatic carbocycles. The Labute approximate surface area is 102 Å². The molecule has 0 saturated carbocycles. The van der Waals surface area contributed by atoms with Crippen molar-refractivity contribution in [3.05, 3.63) is 28.5 Å². The first-order chi connectivity index (χ1) is 8.12. The molecule has 1 aromatic rings. The molecule has 0 atom stereocenters. The molecule has 0 aromatic heterocycles. The lowest BCUT2D eigenvalue weighted by atomic mass is 10.2. The number of rotatable bonds is 2. The molecule has 0 unspecified atom stereocenters. The van der Waals surface area contributed by atoms with Crippen molar-refractivity contribution < 1.29 is 32.3 Å². The number of carboxylic acids is 1. The van der Waals surface area contributed by atoms with Crippen molar-refractivity contribution in [2.45, 2.75) is 6.18 Å². The van der Waals surface area contributed by atoms with E-state index in [-0.39, 0.29) is 5.02 Å². The van der Waals surface area contributed by atoms with Crippen molar-refractivity contribution in [1.82, 2.24) is 0 Å². The van der Waals surface area contributed by atoms with Crippen LogP contribution in [0, 0.1) is 5.82 Å². The molecule has 0 radical (unpaired) electrons. The van der Waals surface area contributed by atoms with Gasteiger partial charge in [-0.3, -0.25) is 4.79 Å². The Balaban J connectivity index is 3.18. The zero-order chi connectivity index (χ0) is 14.1. The average molecular weight is 286 g/mol. The van der Waals surface area contributed by atoms with Crippen LogP contribution in [0.4, 0.5) is 23.2 Å². The van der Waals surface area contributed by atoms with Crippen molar-refractivity contribution in [2.24, 2.45) is 0 Å². The number of hydrogen-bond acceptors (Lipinski definition) is 2. The molecule has 4 nitrogen and oxygen atoms in total. The molecule has 1 aromatic carbocycles. The molecule has 9 heteroatoms. The molecule has 0 bridgehead atoms. The SMILES string of the molecule is O=C(O)c1cc(Cl)cc(NC(=O)C(F)(F)F)c1F. The summed E-state index contributed by atoms with van der Waals surface area (Å²) >= 11 is 5.40. The van der Waals surface area contributed by atoms with Gasteiger partial charge in [-0.2, -0.15) is 13.2 Å². The summed E-state index contributed by atoms with van der Waals surface area (Å²) in [5.41, 5.74) is -1.90. The molecular formula is C9H4ClF4NO3. The van der Waals surface area contributed by atoms with Crippen molar-refractivity contribution >= 4 is 29.2 Å². The van der Waals surface area contributed by atoms with E-state index in [1.54, 1.807) is 0 Å². The number of alkyl halides is 3. The van der Waals surface area contributed by atoms with E-state index in [1.807, 2.05) is 0 Å². The Morgan fingerprint density at radius 2 is 1.83 bits per heavy atom. The fourth-order valence-electron chi connectivity index (χ4n) is 1.03. The van der Waals surface area contributed by atoms with Gasteiger partial charge in [0.15, 0.2) is 5.82 Å². The minimum absolute atomic E-state index is 0.328. The quantitative estimate of drug-likeness (QED) is 0.821. The zero-order valence-corrected chi connectivity index (χ0v) is 9.06. The van der Waals surface area contributed by atoms with E-state index < -0.39 is 35.1 Å². The van der Waals surface area contributed by atoms with E-state index in [2.05, 4.69) is 0 Å². The third-order valence-corrected chi connectivity index (χ3v) is 1.99. The number of carbonyl (C=O) groups is 2. The number of carboxylic acid groups (broad SMARTS) is 1. The van der Waals surface area contributed by atoms with Crippen LogP contribution in [0.1, 0.15) is 10.4 Å². The lowest BCUT2D eigenvalue weighted by molar-refractivity contribution is -0.167. The first-order valence-electron chi connectivity index (χ1n) is 4.23. The lowest BCUT2D eigenvalue weighted by Gasteiger charge is -2.10. The summed E-state index contributed by atoms with van der Waals surface area (Å²) in [5, 5.41) is 9.45. The molecule has 0 aliphatic heterocycles. The Morgan fingerprint density at radius 3 is 2.28 bits per heavy atom. The molecule has 2 N–H and O–H groups in total. The van der Waals surface area contributed by atoms with Crippen molar-refractivity contribution in [2.75, 3.05) is 5.32 Å². The maximum Gasteiger partial charge on any atom is 0.471 e. The number of amides is 1. The molecule has 18 heavy (non-hydrogen) atoms. The normalized spacial score (nSPS) is 11.2. The third-order valence-electron chi connectivity index (χ3n) is 1.77. The molecular weight excluding hydrogens is 282 g/mol. The zero-order valence-electron chi connectivity index (χ0n) is 8.31. The Bertz CT molecular complexity index is 515. The standard InChI is InChI=1S/C9H4ClF4NO3/c10-3-1-4(7(16)17)6(11)5(2-3)15-8(18)9(12,13)14/h1-2H,(H,15,18)(H,16,17). The Morgan fingerprint density at radius 1 is 1.28 bits per heavy atom. The molecule has 98 valence electrons. The fourth-order valence-corrected chi connectivity index (χ4v) is 1.25. The van der Waals surface area contributed by atoms with Gasteiger partial charge in [0.2, 0.25) is 0 Å². The molecule has 0 fully saturated rings. The van der Waals surface area contributed by atoms with Crippen LogP contribution >= 0.6 is 11.6 Å². The van der Waals surface area contributed by atoms with E-state index in [1.165, 1.54) is 5.32 Å². The van der Waals surface area contributed by atoms with E-state index in [4.69, 9.17) is 16.7 Å². The topological polar surface area (TPSA) is 66.4 Å². The highest BCUT2D eigenvalue weighted by Gasteiger charge is 2.39. The maximum atomic E-state index is 13.4. The van der Waals surface area contributed by atoms with E-state index in [0.717, 1.165) is 0 Å². The number of nitrogens with one attached hydrogen (secondary N) is 1. The number of halogens is 5. The van der Waals surface area contributed by atoms with Crippen LogP contribution in [0.2, 0.25) is 5.02 Å². The van der Waals surface area contributed by atoms with Gasteiger partial charge < -0.3 is 10.4 Å². The van der Waals surface area contributed by atoms with Crippen LogP contribution in [-0.2, 0) is 4.79 Å². The molecule has 0 aliphatic rings. The highest BCUT2D eigenvalue weighted by Crippen LogP contribution is 2.26. The first kappa shape index (κ1) is 14.2. The predicted octanol–water partition coefficient (Wildman–Crippen LogP) is 2.68.